The summed E-state index contributed by atoms with van der Waals surface area (Å²) in [6.07, 6.45) is 3.20. The van der Waals surface area contributed by atoms with Crippen molar-refractivity contribution in [3.63, 3.8) is 0 Å². The van der Waals surface area contributed by atoms with Crippen LogP contribution in [0.15, 0.2) is 47.7 Å². The smallest absolute Gasteiger partial charge is 0.277 e. The third kappa shape index (κ3) is 3.95. The standard InChI is InChI=1S/C13H12FN3O2/c14-11-5-1-2-6-12(11)19-9-13(18)17-16-8-10-4-3-7-15-10/h1-8,15H,9H2,(H,17,18)/b16-8+. The number of halogens is 1. The number of carbonyl (C=O) groups is 1. The summed E-state index contributed by atoms with van der Waals surface area (Å²) >= 11 is 0. The number of amides is 1. The molecule has 0 saturated heterocycles. The monoisotopic (exact) mass is 261 g/mol. The third-order valence-electron chi connectivity index (χ3n) is 2.21. The van der Waals surface area contributed by atoms with E-state index in [-0.39, 0.29) is 12.4 Å². The van der Waals surface area contributed by atoms with Crippen LogP contribution in [0, 0.1) is 5.82 Å². The molecule has 2 N–H and O–H groups in total. The molecule has 6 heteroatoms. The van der Waals surface area contributed by atoms with Crippen LogP contribution >= 0.6 is 0 Å². The minimum atomic E-state index is -0.509. The maximum absolute atomic E-state index is 13.2. The Hall–Kier alpha value is -2.63. The quantitative estimate of drug-likeness (QED) is 0.635. The first-order valence-electron chi connectivity index (χ1n) is 5.58. The van der Waals surface area contributed by atoms with Crippen LogP contribution in [-0.2, 0) is 4.79 Å². The van der Waals surface area contributed by atoms with E-state index in [4.69, 9.17) is 4.74 Å². The Labute approximate surface area is 109 Å². The average Bonchev–Trinajstić information content (AvgIpc) is 2.91. The second-order valence-corrected chi connectivity index (χ2v) is 3.64. The molecule has 1 amide bonds. The van der Waals surface area contributed by atoms with Gasteiger partial charge in [0, 0.05) is 6.20 Å². The number of rotatable bonds is 5. The van der Waals surface area contributed by atoms with Gasteiger partial charge in [0.2, 0.25) is 0 Å². The van der Waals surface area contributed by atoms with Crippen LogP contribution in [0.25, 0.3) is 0 Å². The van der Waals surface area contributed by atoms with E-state index in [0.29, 0.717) is 0 Å². The van der Waals surface area contributed by atoms with Crippen molar-refractivity contribution in [2.45, 2.75) is 0 Å². The first kappa shape index (κ1) is 12.8. The molecule has 98 valence electrons. The fraction of sp³-hybridized carbons (Fsp3) is 0.0769. The van der Waals surface area contributed by atoms with Gasteiger partial charge >= 0.3 is 0 Å². The van der Waals surface area contributed by atoms with E-state index in [2.05, 4.69) is 15.5 Å². The predicted molar refractivity (Wildman–Crippen MR) is 68.4 cm³/mol. The Morgan fingerprint density at radius 1 is 1.37 bits per heavy atom. The number of nitrogens with one attached hydrogen (secondary N) is 2. The molecule has 0 bridgehead atoms. The van der Waals surface area contributed by atoms with Crippen LogP contribution in [0.3, 0.4) is 0 Å². The van der Waals surface area contributed by atoms with Crippen LogP contribution in [0.5, 0.6) is 5.75 Å². The summed E-state index contributed by atoms with van der Waals surface area (Å²) in [6, 6.07) is 9.49. The first-order chi connectivity index (χ1) is 9.25. The lowest BCUT2D eigenvalue weighted by atomic mass is 10.3. The summed E-state index contributed by atoms with van der Waals surface area (Å²) in [7, 11) is 0. The van der Waals surface area contributed by atoms with Crippen LogP contribution in [-0.4, -0.2) is 23.7 Å². The molecule has 2 aromatic rings. The maximum atomic E-state index is 13.2. The molecule has 0 atom stereocenters. The van der Waals surface area contributed by atoms with Gasteiger partial charge in [-0.2, -0.15) is 5.10 Å². The van der Waals surface area contributed by atoms with Crippen molar-refractivity contribution in [2.24, 2.45) is 5.10 Å². The summed E-state index contributed by atoms with van der Waals surface area (Å²) in [5, 5.41) is 3.72. The molecule has 19 heavy (non-hydrogen) atoms. The molecule has 0 fully saturated rings. The molecule has 0 spiro atoms. The number of nitrogens with zero attached hydrogens (tertiary/aromatic N) is 1. The SMILES string of the molecule is O=C(COc1ccccc1F)N/N=C/c1ccc[nH]1. The van der Waals surface area contributed by atoms with Gasteiger partial charge in [0.25, 0.3) is 5.91 Å². The summed E-state index contributed by atoms with van der Waals surface area (Å²) < 4.78 is 18.2. The number of hydrogen-bond donors (Lipinski definition) is 2. The van der Waals surface area contributed by atoms with Gasteiger partial charge in [-0.25, -0.2) is 9.82 Å². The maximum Gasteiger partial charge on any atom is 0.277 e. The third-order valence-corrected chi connectivity index (χ3v) is 2.21. The number of hydrogen-bond acceptors (Lipinski definition) is 3. The minimum absolute atomic E-state index is 0.0333. The van der Waals surface area contributed by atoms with E-state index in [1.165, 1.54) is 18.3 Å². The van der Waals surface area contributed by atoms with Crippen LogP contribution < -0.4 is 10.2 Å². The lowest BCUT2D eigenvalue weighted by molar-refractivity contribution is -0.123. The van der Waals surface area contributed by atoms with Gasteiger partial charge in [0.15, 0.2) is 18.2 Å². The highest BCUT2D eigenvalue weighted by atomic mass is 19.1. The summed E-state index contributed by atoms with van der Waals surface area (Å²) in [5.41, 5.74) is 3.03. The zero-order valence-corrected chi connectivity index (χ0v) is 9.97. The Kier molecular flexibility index (Phi) is 4.28. The summed E-state index contributed by atoms with van der Waals surface area (Å²) in [6.45, 7) is -0.303. The molecule has 0 radical (unpaired) electrons. The van der Waals surface area contributed by atoms with E-state index >= 15 is 0 Å². The molecule has 0 aliphatic heterocycles. The molecule has 0 saturated carbocycles. The average molecular weight is 261 g/mol. The van der Waals surface area contributed by atoms with Gasteiger partial charge in [-0.15, -0.1) is 0 Å². The highest BCUT2D eigenvalue weighted by Crippen LogP contribution is 2.14. The normalized spacial score (nSPS) is 10.6. The lowest BCUT2D eigenvalue weighted by Crippen LogP contribution is -2.24. The van der Waals surface area contributed by atoms with E-state index in [9.17, 15) is 9.18 Å². The van der Waals surface area contributed by atoms with Gasteiger partial charge in [0.05, 0.1) is 11.9 Å². The Balaban J connectivity index is 1.78. The molecular formula is C13H12FN3O2. The molecular weight excluding hydrogens is 249 g/mol. The van der Waals surface area contributed by atoms with Gasteiger partial charge in [-0.1, -0.05) is 12.1 Å². The second-order valence-electron chi connectivity index (χ2n) is 3.64. The van der Waals surface area contributed by atoms with E-state index in [1.54, 1.807) is 24.4 Å². The fourth-order valence-corrected chi connectivity index (χ4v) is 1.34. The zero-order valence-electron chi connectivity index (χ0n) is 9.97. The van der Waals surface area contributed by atoms with Gasteiger partial charge < -0.3 is 9.72 Å². The number of para-hydroxylation sites is 1. The van der Waals surface area contributed by atoms with Crippen molar-refractivity contribution in [1.29, 1.82) is 0 Å². The first-order valence-corrected chi connectivity index (χ1v) is 5.58. The Morgan fingerprint density at radius 2 is 2.21 bits per heavy atom. The lowest BCUT2D eigenvalue weighted by Gasteiger charge is -2.05. The van der Waals surface area contributed by atoms with Gasteiger partial charge in [-0.3, -0.25) is 4.79 Å². The molecule has 1 heterocycles. The molecule has 0 aliphatic carbocycles. The number of benzene rings is 1. The van der Waals surface area contributed by atoms with Crippen LogP contribution in [0.1, 0.15) is 5.69 Å². The van der Waals surface area contributed by atoms with Crippen LogP contribution in [0.2, 0.25) is 0 Å². The van der Waals surface area contributed by atoms with Crippen molar-refractivity contribution >= 4 is 12.1 Å². The van der Waals surface area contributed by atoms with Crippen molar-refractivity contribution in [1.82, 2.24) is 10.4 Å². The van der Waals surface area contributed by atoms with Crippen molar-refractivity contribution in [3.8, 4) is 5.75 Å². The van der Waals surface area contributed by atoms with E-state index in [1.807, 2.05) is 6.07 Å². The van der Waals surface area contributed by atoms with Crippen LogP contribution in [0.4, 0.5) is 4.39 Å². The van der Waals surface area contributed by atoms with E-state index < -0.39 is 11.7 Å². The number of carbonyl (C=O) groups excluding carboxylic acids is 1. The number of aromatic amines is 1. The molecule has 5 nitrogen and oxygen atoms in total. The number of H-pyrrole nitrogens is 1. The molecule has 0 aliphatic rings. The molecule has 1 aromatic carbocycles. The van der Waals surface area contributed by atoms with Crippen molar-refractivity contribution in [3.05, 3.63) is 54.1 Å². The van der Waals surface area contributed by atoms with E-state index in [0.717, 1.165) is 5.69 Å². The topological polar surface area (TPSA) is 66.5 Å². The Morgan fingerprint density at radius 3 is 2.95 bits per heavy atom. The zero-order chi connectivity index (χ0) is 13.5. The van der Waals surface area contributed by atoms with Crippen molar-refractivity contribution < 1.29 is 13.9 Å². The summed E-state index contributed by atoms with van der Waals surface area (Å²) in [4.78, 5) is 14.3. The van der Waals surface area contributed by atoms with Crippen molar-refractivity contribution in [2.75, 3.05) is 6.61 Å². The minimum Gasteiger partial charge on any atom is -0.481 e. The Bertz CT molecular complexity index is 567. The largest absolute Gasteiger partial charge is 0.481 e. The van der Waals surface area contributed by atoms with Gasteiger partial charge in [0.1, 0.15) is 0 Å². The highest BCUT2D eigenvalue weighted by molar-refractivity contribution is 5.81. The number of aromatic nitrogens is 1. The second kappa shape index (κ2) is 6.34. The summed E-state index contributed by atoms with van der Waals surface area (Å²) in [5.74, 6) is -0.942. The molecule has 0 unspecified atom stereocenters. The molecule has 2 rings (SSSR count). The van der Waals surface area contributed by atoms with Gasteiger partial charge in [-0.05, 0) is 24.3 Å². The fourth-order valence-electron chi connectivity index (χ4n) is 1.34. The molecule has 1 aromatic heterocycles. The number of hydrazone groups is 1. The number of ether oxygens (including phenoxy) is 1. The predicted octanol–water partition coefficient (Wildman–Crippen LogP) is 1.68. The highest BCUT2D eigenvalue weighted by Gasteiger charge is 2.04.